The standard InChI is InChI=1S/C15H16BrN3O/c16-12-6-8-13(9-7-12)18-10-14(15(17)19-20)11-4-2-1-3-5-11/h1-9,14,18,20H,10H2,(H2,17,19). The Labute approximate surface area is 126 Å². The van der Waals surface area contributed by atoms with Crippen molar-refractivity contribution in [2.24, 2.45) is 10.9 Å². The lowest BCUT2D eigenvalue weighted by molar-refractivity contribution is 0.316. The Bertz CT molecular complexity index is 569. The quantitative estimate of drug-likeness (QED) is 0.340. The maximum atomic E-state index is 8.93. The molecular formula is C15H16BrN3O. The molecular weight excluding hydrogens is 318 g/mol. The molecule has 5 heteroatoms. The number of hydrogen-bond acceptors (Lipinski definition) is 3. The Morgan fingerprint density at radius 1 is 1.15 bits per heavy atom. The lowest BCUT2D eigenvalue weighted by Gasteiger charge is -2.17. The predicted octanol–water partition coefficient (Wildman–Crippen LogP) is 3.39. The van der Waals surface area contributed by atoms with E-state index in [1.807, 2.05) is 54.6 Å². The molecule has 0 amide bonds. The van der Waals surface area contributed by atoms with E-state index < -0.39 is 0 Å². The second-order valence-electron chi connectivity index (χ2n) is 4.38. The van der Waals surface area contributed by atoms with Crippen LogP contribution in [0.15, 0.2) is 64.2 Å². The first-order valence-electron chi connectivity index (χ1n) is 6.22. The van der Waals surface area contributed by atoms with Crippen molar-refractivity contribution in [1.29, 1.82) is 0 Å². The summed E-state index contributed by atoms with van der Waals surface area (Å²) in [5, 5.41) is 15.4. The maximum absolute atomic E-state index is 8.93. The molecule has 2 aromatic carbocycles. The second kappa shape index (κ2) is 6.96. The molecule has 1 atom stereocenters. The largest absolute Gasteiger partial charge is 0.409 e. The number of amidine groups is 1. The molecule has 0 saturated heterocycles. The Balaban J connectivity index is 2.11. The topological polar surface area (TPSA) is 70.6 Å². The van der Waals surface area contributed by atoms with Gasteiger partial charge in [0.2, 0.25) is 0 Å². The van der Waals surface area contributed by atoms with Crippen molar-refractivity contribution >= 4 is 27.5 Å². The van der Waals surface area contributed by atoms with Gasteiger partial charge in [0.15, 0.2) is 0 Å². The number of nitrogens with two attached hydrogens (primary N) is 1. The van der Waals surface area contributed by atoms with Crippen molar-refractivity contribution in [2.45, 2.75) is 5.92 Å². The molecule has 4 nitrogen and oxygen atoms in total. The lowest BCUT2D eigenvalue weighted by Crippen LogP contribution is -2.27. The molecule has 0 radical (unpaired) electrons. The van der Waals surface area contributed by atoms with Crippen LogP contribution >= 0.6 is 15.9 Å². The van der Waals surface area contributed by atoms with Crippen LogP contribution in [-0.4, -0.2) is 17.6 Å². The van der Waals surface area contributed by atoms with Gasteiger partial charge in [0.05, 0.1) is 5.92 Å². The average Bonchev–Trinajstić information content (AvgIpc) is 2.50. The van der Waals surface area contributed by atoms with Gasteiger partial charge >= 0.3 is 0 Å². The molecule has 1 unspecified atom stereocenters. The number of nitrogens with zero attached hydrogens (tertiary/aromatic N) is 1. The zero-order valence-corrected chi connectivity index (χ0v) is 12.4. The predicted molar refractivity (Wildman–Crippen MR) is 85.2 cm³/mol. The molecule has 0 aliphatic carbocycles. The minimum atomic E-state index is -0.176. The Hall–Kier alpha value is -2.01. The highest BCUT2D eigenvalue weighted by Crippen LogP contribution is 2.19. The maximum Gasteiger partial charge on any atom is 0.148 e. The van der Waals surface area contributed by atoms with Gasteiger partial charge in [0, 0.05) is 16.7 Å². The van der Waals surface area contributed by atoms with Crippen LogP contribution in [0.3, 0.4) is 0 Å². The van der Waals surface area contributed by atoms with Gasteiger partial charge in [-0.15, -0.1) is 0 Å². The third-order valence-corrected chi connectivity index (χ3v) is 3.56. The van der Waals surface area contributed by atoms with E-state index in [1.54, 1.807) is 0 Å². The molecule has 0 aliphatic rings. The SMILES string of the molecule is NC(=NO)C(CNc1ccc(Br)cc1)c1ccccc1. The lowest BCUT2D eigenvalue weighted by atomic mass is 9.98. The summed E-state index contributed by atoms with van der Waals surface area (Å²) >= 11 is 3.40. The van der Waals surface area contributed by atoms with E-state index >= 15 is 0 Å². The van der Waals surface area contributed by atoms with Crippen LogP contribution < -0.4 is 11.1 Å². The summed E-state index contributed by atoms with van der Waals surface area (Å²) in [5.74, 6) is 0.0191. The van der Waals surface area contributed by atoms with E-state index in [9.17, 15) is 0 Å². The summed E-state index contributed by atoms with van der Waals surface area (Å²) in [4.78, 5) is 0. The summed E-state index contributed by atoms with van der Waals surface area (Å²) in [5.41, 5.74) is 7.78. The molecule has 104 valence electrons. The number of halogens is 1. The molecule has 0 fully saturated rings. The van der Waals surface area contributed by atoms with Crippen LogP contribution in [0.5, 0.6) is 0 Å². The summed E-state index contributed by atoms with van der Waals surface area (Å²) in [6, 6.07) is 17.6. The van der Waals surface area contributed by atoms with Gasteiger partial charge < -0.3 is 16.3 Å². The molecule has 0 saturated carbocycles. The summed E-state index contributed by atoms with van der Waals surface area (Å²) in [7, 11) is 0. The molecule has 0 heterocycles. The minimum absolute atomic E-state index is 0.176. The van der Waals surface area contributed by atoms with Gasteiger partial charge in [-0.1, -0.05) is 51.4 Å². The monoisotopic (exact) mass is 333 g/mol. The zero-order valence-electron chi connectivity index (χ0n) is 10.8. The second-order valence-corrected chi connectivity index (χ2v) is 5.29. The molecule has 0 aliphatic heterocycles. The summed E-state index contributed by atoms with van der Waals surface area (Å²) in [6.07, 6.45) is 0. The van der Waals surface area contributed by atoms with Crippen molar-refractivity contribution < 1.29 is 5.21 Å². The first-order valence-corrected chi connectivity index (χ1v) is 7.02. The normalized spacial score (nSPS) is 12.9. The van der Waals surface area contributed by atoms with Crippen LogP contribution in [-0.2, 0) is 0 Å². The van der Waals surface area contributed by atoms with Crippen molar-refractivity contribution in [3.63, 3.8) is 0 Å². The Kier molecular flexibility index (Phi) is 5.01. The molecule has 2 aromatic rings. The third kappa shape index (κ3) is 3.74. The highest BCUT2D eigenvalue weighted by Gasteiger charge is 2.16. The summed E-state index contributed by atoms with van der Waals surface area (Å²) in [6.45, 7) is 0.557. The number of rotatable bonds is 5. The number of benzene rings is 2. The Morgan fingerprint density at radius 3 is 2.40 bits per heavy atom. The van der Waals surface area contributed by atoms with Gasteiger partial charge in [-0.2, -0.15) is 0 Å². The van der Waals surface area contributed by atoms with Gasteiger partial charge in [0.1, 0.15) is 5.84 Å². The molecule has 20 heavy (non-hydrogen) atoms. The average molecular weight is 334 g/mol. The molecule has 0 bridgehead atoms. The first kappa shape index (κ1) is 14.4. The van der Waals surface area contributed by atoms with Gasteiger partial charge in [-0.3, -0.25) is 0 Å². The van der Waals surface area contributed by atoms with Crippen LogP contribution in [0.25, 0.3) is 0 Å². The fourth-order valence-corrected chi connectivity index (χ4v) is 2.20. The Morgan fingerprint density at radius 2 is 1.80 bits per heavy atom. The molecule has 0 aromatic heterocycles. The molecule has 0 spiro atoms. The first-order chi connectivity index (χ1) is 9.70. The van der Waals surface area contributed by atoms with E-state index in [0.717, 1.165) is 15.7 Å². The number of nitrogens with one attached hydrogen (secondary N) is 1. The van der Waals surface area contributed by atoms with Crippen molar-refractivity contribution in [2.75, 3.05) is 11.9 Å². The van der Waals surface area contributed by atoms with Crippen LogP contribution in [0.2, 0.25) is 0 Å². The van der Waals surface area contributed by atoms with Crippen LogP contribution in [0.4, 0.5) is 5.69 Å². The van der Waals surface area contributed by atoms with Gasteiger partial charge in [0.25, 0.3) is 0 Å². The number of anilines is 1. The van der Waals surface area contributed by atoms with E-state index in [0.29, 0.717) is 6.54 Å². The summed E-state index contributed by atoms with van der Waals surface area (Å²) < 4.78 is 1.03. The van der Waals surface area contributed by atoms with E-state index in [-0.39, 0.29) is 11.8 Å². The highest BCUT2D eigenvalue weighted by atomic mass is 79.9. The molecule has 2 rings (SSSR count). The van der Waals surface area contributed by atoms with E-state index in [1.165, 1.54) is 0 Å². The van der Waals surface area contributed by atoms with Crippen molar-refractivity contribution in [1.82, 2.24) is 0 Å². The smallest absolute Gasteiger partial charge is 0.148 e. The number of oxime groups is 1. The minimum Gasteiger partial charge on any atom is -0.409 e. The number of hydrogen-bond donors (Lipinski definition) is 3. The third-order valence-electron chi connectivity index (χ3n) is 3.03. The van der Waals surface area contributed by atoms with Crippen LogP contribution in [0, 0.1) is 0 Å². The fraction of sp³-hybridized carbons (Fsp3) is 0.133. The molecule has 4 N–H and O–H groups in total. The van der Waals surface area contributed by atoms with Crippen molar-refractivity contribution in [3.05, 3.63) is 64.6 Å². The van der Waals surface area contributed by atoms with Crippen molar-refractivity contribution in [3.8, 4) is 0 Å². The zero-order chi connectivity index (χ0) is 14.4. The van der Waals surface area contributed by atoms with Crippen LogP contribution in [0.1, 0.15) is 11.5 Å². The van der Waals surface area contributed by atoms with E-state index in [2.05, 4.69) is 26.4 Å². The fourth-order valence-electron chi connectivity index (χ4n) is 1.94. The van der Waals surface area contributed by atoms with Gasteiger partial charge in [-0.25, -0.2) is 0 Å². The van der Waals surface area contributed by atoms with Gasteiger partial charge in [-0.05, 0) is 29.8 Å². The van der Waals surface area contributed by atoms with E-state index in [4.69, 9.17) is 10.9 Å². The highest BCUT2D eigenvalue weighted by molar-refractivity contribution is 9.10.